The number of rotatable bonds is 16. The predicted octanol–water partition coefficient (Wildman–Crippen LogP) is 3.95. The topological polar surface area (TPSA) is 242 Å². The number of nitriles is 3. The molecule has 0 spiro atoms. The number of nitrogens with one attached hydrogen (secondary N) is 3. The number of hydrogen-bond donors (Lipinski definition) is 3. The van der Waals surface area contributed by atoms with Crippen LogP contribution in [0.25, 0.3) is 11.1 Å². The SMILES string of the molecule is N#CC1C2CN(C(=O)[C@@H]3CCCN3)CC12CCCCC(C(c1ccc(-c2c(F)cc(N3C[C@H](Cn4ccnn4)OC3=O)cc2F)cn1)C12CN(C(=O)[C@@H]3CCCN3)CC1C2C#N)C12CN(C(=O)[C@@H]3CCCN3)CC1C2C#N. The standard InChI is InChI=1S/C56H64F2N14O5/c57-42-18-33(72-25-34(77-53(72)76)24-71-17-16-66-67-71)19-43(58)48(42)32-10-11-44(65-23-32)49(56-31-70(28-41(56)38(56)22-61)52(75)47-9-5-15-64-47)35(55-30-69(27-40(55)37(55)21-60)51(74)46-8-4-14-63-46)6-1-2-12-54-29-68(26-39(54)36(54)20-59)50(73)45-7-3-13-62-45/h10-11,16-19,23,34-41,45-47,49,62-64H,1-9,12-15,24-31H2/t34-,35?,36?,37?,38?,39?,40?,41?,45-,46-,47-,49?,54?,55?,56?/m0/s1. The first kappa shape index (κ1) is 49.9. The second kappa shape index (κ2) is 19.1. The third kappa shape index (κ3) is 8.01. The summed E-state index contributed by atoms with van der Waals surface area (Å²) in [6.07, 6.45) is 11.0. The fraction of sp³-hybridized carbons (Fsp3) is 0.643. The van der Waals surface area contributed by atoms with Crippen LogP contribution in [0.15, 0.2) is 42.9 Å². The summed E-state index contributed by atoms with van der Waals surface area (Å²) in [6.45, 7) is 5.21. The zero-order chi connectivity index (χ0) is 53.0. The molecule has 402 valence electrons. The van der Waals surface area contributed by atoms with E-state index in [4.69, 9.17) is 9.72 Å². The molecule has 77 heavy (non-hydrogen) atoms. The first-order valence-corrected chi connectivity index (χ1v) is 28.0. The number of piperidine rings is 3. The average molecular weight is 1050 g/mol. The fourth-order valence-electron chi connectivity index (χ4n) is 16.6. The second-order valence-corrected chi connectivity index (χ2v) is 24.0. The predicted molar refractivity (Wildman–Crippen MR) is 270 cm³/mol. The molecule has 10 aliphatic rings. The summed E-state index contributed by atoms with van der Waals surface area (Å²) in [7, 11) is 0. The molecule has 3 N–H and O–H groups in total. The Hall–Kier alpha value is -6.60. The van der Waals surface area contributed by atoms with Crippen LogP contribution in [0.4, 0.5) is 19.3 Å². The van der Waals surface area contributed by atoms with Crippen molar-refractivity contribution in [2.45, 2.75) is 101 Å². The molecule has 0 radical (unpaired) electrons. The number of halogens is 2. The van der Waals surface area contributed by atoms with Gasteiger partial charge in [0.2, 0.25) is 17.7 Å². The van der Waals surface area contributed by atoms with Gasteiger partial charge in [0.15, 0.2) is 0 Å². The van der Waals surface area contributed by atoms with Gasteiger partial charge in [-0.15, -0.1) is 5.10 Å². The van der Waals surface area contributed by atoms with E-state index in [1.807, 2.05) is 14.7 Å². The smallest absolute Gasteiger partial charge is 0.414 e. The summed E-state index contributed by atoms with van der Waals surface area (Å²) in [4.78, 5) is 67.3. The van der Waals surface area contributed by atoms with Crippen molar-refractivity contribution in [2.24, 2.45) is 57.7 Å². The number of amides is 4. The van der Waals surface area contributed by atoms with Gasteiger partial charge in [0.1, 0.15) is 17.7 Å². The lowest BCUT2D eigenvalue weighted by molar-refractivity contribution is -0.134. The summed E-state index contributed by atoms with van der Waals surface area (Å²) in [5.41, 5.74) is -1.30. The van der Waals surface area contributed by atoms with Crippen LogP contribution in [0.1, 0.15) is 75.8 Å². The largest absolute Gasteiger partial charge is 0.442 e. The van der Waals surface area contributed by atoms with E-state index in [1.54, 1.807) is 18.3 Å². The Labute approximate surface area is 445 Å². The van der Waals surface area contributed by atoms with Crippen LogP contribution in [0, 0.1) is 103 Å². The lowest BCUT2D eigenvalue weighted by atomic mass is 9.65. The Morgan fingerprint density at radius 2 is 1.34 bits per heavy atom. The van der Waals surface area contributed by atoms with E-state index in [1.165, 1.54) is 22.0 Å². The minimum Gasteiger partial charge on any atom is -0.442 e. The van der Waals surface area contributed by atoms with Crippen LogP contribution in [0.2, 0.25) is 0 Å². The van der Waals surface area contributed by atoms with Gasteiger partial charge in [-0.25, -0.2) is 18.3 Å². The molecule has 19 nitrogen and oxygen atoms in total. The number of nitrogens with zero attached hydrogens (tertiary/aromatic N) is 11. The molecule has 7 saturated heterocycles. The highest BCUT2D eigenvalue weighted by Gasteiger charge is 2.80. The molecule has 3 aromatic rings. The number of likely N-dealkylation sites (tertiary alicyclic amines) is 3. The van der Waals surface area contributed by atoms with E-state index in [-0.39, 0.29) is 107 Å². The van der Waals surface area contributed by atoms with Crippen molar-refractivity contribution in [3.8, 4) is 29.3 Å². The van der Waals surface area contributed by atoms with Gasteiger partial charge in [0, 0.05) is 103 Å². The molecule has 10 fully saturated rings. The molecule has 7 aliphatic heterocycles. The van der Waals surface area contributed by atoms with Gasteiger partial charge in [-0.2, -0.15) is 15.8 Å². The first-order valence-electron chi connectivity index (χ1n) is 28.0. The van der Waals surface area contributed by atoms with Gasteiger partial charge in [-0.1, -0.05) is 24.1 Å². The molecule has 3 aliphatic carbocycles. The monoisotopic (exact) mass is 1050 g/mol. The third-order valence-corrected chi connectivity index (χ3v) is 20.4. The Bertz CT molecular complexity index is 2960. The number of ether oxygens (including phenoxy) is 1. The van der Waals surface area contributed by atoms with Gasteiger partial charge in [0.25, 0.3) is 0 Å². The van der Waals surface area contributed by atoms with Crippen molar-refractivity contribution in [2.75, 3.05) is 70.3 Å². The van der Waals surface area contributed by atoms with Crippen molar-refractivity contribution >= 4 is 29.5 Å². The summed E-state index contributed by atoms with van der Waals surface area (Å²) in [6, 6.07) is 12.7. The molecular weight excluding hydrogens is 987 g/mol. The summed E-state index contributed by atoms with van der Waals surface area (Å²) in [5, 5.41) is 50.3. The van der Waals surface area contributed by atoms with Crippen molar-refractivity contribution in [3.05, 3.63) is 60.2 Å². The number of carbonyl (C=O) groups is 4. The number of hydrogen-bond acceptors (Lipinski definition) is 14. The van der Waals surface area contributed by atoms with Crippen molar-refractivity contribution in [1.29, 1.82) is 15.8 Å². The summed E-state index contributed by atoms with van der Waals surface area (Å²) >= 11 is 0. The number of carbonyl (C=O) groups excluding carboxylic acids is 4. The van der Waals surface area contributed by atoms with Gasteiger partial charge in [-0.3, -0.25) is 24.3 Å². The van der Waals surface area contributed by atoms with Gasteiger partial charge in [-0.05, 0) is 95.1 Å². The number of unbranched alkanes of at least 4 members (excludes halogenated alkanes) is 1. The van der Waals surface area contributed by atoms with Crippen LogP contribution >= 0.6 is 0 Å². The van der Waals surface area contributed by atoms with Crippen LogP contribution < -0.4 is 20.9 Å². The number of cyclic esters (lactones) is 1. The molecule has 2 aromatic heterocycles. The molecule has 13 rings (SSSR count). The third-order valence-electron chi connectivity index (χ3n) is 20.4. The van der Waals surface area contributed by atoms with Crippen molar-refractivity contribution in [3.63, 3.8) is 0 Å². The zero-order valence-electron chi connectivity index (χ0n) is 43.0. The Morgan fingerprint density at radius 1 is 0.753 bits per heavy atom. The van der Waals surface area contributed by atoms with E-state index in [9.17, 15) is 35.0 Å². The van der Waals surface area contributed by atoms with Gasteiger partial charge < -0.3 is 35.4 Å². The highest BCUT2D eigenvalue weighted by molar-refractivity contribution is 5.90. The molecule has 11 unspecified atom stereocenters. The van der Waals surface area contributed by atoms with E-state index in [0.717, 1.165) is 83.1 Å². The van der Waals surface area contributed by atoms with Crippen LogP contribution in [-0.2, 0) is 25.7 Å². The number of benzene rings is 1. The first-order chi connectivity index (χ1) is 37.4. The van der Waals surface area contributed by atoms with Crippen molar-refractivity contribution < 1.29 is 32.7 Å². The molecule has 4 amide bonds. The Kier molecular flexibility index (Phi) is 12.4. The van der Waals surface area contributed by atoms with E-state index in [0.29, 0.717) is 57.8 Å². The van der Waals surface area contributed by atoms with Gasteiger partial charge in [0.05, 0.1) is 84.6 Å². The molecule has 0 bridgehead atoms. The minimum atomic E-state index is -0.905. The number of aromatic nitrogens is 4. The molecule has 15 atom stereocenters. The molecule has 9 heterocycles. The summed E-state index contributed by atoms with van der Waals surface area (Å²) < 4.78 is 39.8. The maximum absolute atomic E-state index is 16.4. The zero-order valence-corrected chi connectivity index (χ0v) is 43.0. The second-order valence-electron chi connectivity index (χ2n) is 24.0. The minimum absolute atomic E-state index is 0.00356. The molecular formula is C56H64F2N14O5. The maximum Gasteiger partial charge on any atom is 0.414 e. The van der Waals surface area contributed by atoms with E-state index in [2.05, 4.69) is 44.5 Å². The number of pyridine rings is 1. The fourth-order valence-corrected chi connectivity index (χ4v) is 16.6. The van der Waals surface area contributed by atoms with E-state index >= 15 is 8.78 Å². The summed E-state index contributed by atoms with van der Waals surface area (Å²) in [5.74, 6) is -3.65. The highest BCUT2D eigenvalue weighted by atomic mass is 19.1. The number of fused-ring (bicyclic) bond motifs is 3. The lowest BCUT2D eigenvalue weighted by Gasteiger charge is -2.40. The Morgan fingerprint density at radius 3 is 1.90 bits per heavy atom. The lowest BCUT2D eigenvalue weighted by Crippen LogP contribution is -2.47. The van der Waals surface area contributed by atoms with Crippen LogP contribution in [0.5, 0.6) is 0 Å². The number of anilines is 1. The molecule has 21 heteroatoms. The molecule has 3 saturated carbocycles. The quantitative estimate of drug-likeness (QED) is 0.172. The van der Waals surface area contributed by atoms with E-state index < -0.39 is 46.5 Å². The average Bonchev–Trinajstić information content (AvgIpc) is 3.10. The van der Waals surface area contributed by atoms with Crippen molar-refractivity contribution in [1.82, 2.24) is 50.6 Å². The highest BCUT2D eigenvalue weighted by Crippen LogP contribution is 2.78. The maximum atomic E-state index is 16.4. The van der Waals surface area contributed by atoms with Gasteiger partial charge >= 0.3 is 6.09 Å². The normalized spacial score (nSPS) is 35.9. The molecule has 1 aromatic carbocycles. The van der Waals surface area contributed by atoms with Crippen LogP contribution in [-0.4, -0.2) is 148 Å². The van der Waals surface area contributed by atoms with Crippen LogP contribution in [0.3, 0.4) is 0 Å². The Balaban J connectivity index is 0.840.